The second-order valence-corrected chi connectivity index (χ2v) is 6.39. The molecule has 1 aliphatic heterocycles. The molecule has 5 nitrogen and oxygen atoms in total. The third-order valence-corrected chi connectivity index (χ3v) is 5.25. The minimum absolute atomic E-state index is 0.00288. The van der Waals surface area contributed by atoms with Crippen molar-refractivity contribution in [3.8, 4) is 0 Å². The summed E-state index contributed by atoms with van der Waals surface area (Å²) >= 11 is 0. The lowest BCUT2D eigenvalue weighted by Crippen LogP contribution is -2.38. The van der Waals surface area contributed by atoms with Gasteiger partial charge < -0.3 is 5.21 Å². The maximum Gasteiger partial charge on any atom is 0.243 e. The highest BCUT2D eigenvalue weighted by Gasteiger charge is 2.29. The van der Waals surface area contributed by atoms with E-state index in [1.807, 2.05) is 0 Å². The van der Waals surface area contributed by atoms with Gasteiger partial charge in [0.2, 0.25) is 10.0 Å². The number of sulfonamides is 1. The first-order chi connectivity index (χ1) is 8.95. The van der Waals surface area contributed by atoms with Crippen LogP contribution in [0.25, 0.3) is 0 Å². The van der Waals surface area contributed by atoms with E-state index in [2.05, 4.69) is 5.16 Å². The number of benzene rings is 1. The van der Waals surface area contributed by atoms with Gasteiger partial charge in [0.25, 0.3) is 0 Å². The fourth-order valence-corrected chi connectivity index (χ4v) is 3.75. The van der Waals surface area contributed by atoms with Crippen LogP contribution in [0, 0.1) is 12.7 Å². The smallest absolute Gasteiger partial charge is 0.243 e. The molecule has 1 fully saturated rings. The highest BCUT2D eigenvalue weighted by molar-refractivity contribution is 7.89. The van der Waals surface area contributed by atoms with Gasteiger partial charge in [-0.2, -0.15) is 4.31 Å². The summed E-state index contributed by atoms with van der Waals surface area (Å²) in [6.45, 7) is 2.13. The van der Waals surface area contributed by atoms with Gasteiger partial charge in [-0.15, -0.1) is 0 Å². The van der Waals surface area contributed by atoms with Gasteiger partial charge in [0.05, 0.1) is 10.6 Å². The molecule has 0 radical (unpaired) electrons. The fourth-order valence-electron chi connectivity index (χ4n) is 2.08. The van der Waals surface area contributed by atoms with Gasteiger partial charge in [0.1, 0.15) is 5.82 Å². The summed E-state index contributed by atoms with van der Waals surface area (Å²) in [5.74, 6) is -0.571. The van der Waals surface area contributed by atoms with Crippen LogP contribution < -0.4 is 0 Å². The second-order valence-electron chi connectivity index (χ2n) is 4.48. The molecule has 0 aromatic heterocycles. The molecule has 1 aromatic carbocycles. The van der Waals surface area contributed by atoms with Crippen molar-refractivity contribution in [3.05, 3.63) is 29.6 Å². The van der Waals surface area contributed by atoms with Crippen LogP contribution in [0.3, 0.4) is 0 Å². The Morgan fingerprint density at radius 3 is 2.53 bits per heavy atom. The average molecular weight is 286 g/mol. The Kier molecular flexibility index (Phi) is 3.86. The van der Waals surface area contributed by atoms with E-state index in [-0.39, 0.29) is 18.0 Å². The van der Waals surface area contributed by atoms with Crippen LogP contribution in [0.1, 0.15) is 18.4 Å². The summed E-state index contributed by atoms with van der Waals surface area (Å²) in [4.78, 5) is -0.00288. The fraction of sp³-hybridized carbons (Fsp3) is 0.417. The number of hydrogen-bond donors (Lipinski definition) is 1. The number of halogens is 1. The van der Waals surface area contributed by atoms with Crippen LogP contribution in [0.5, 0.6) is 0 Å². The zero-order valence-electron chi connectivity index (χ0n) is 10.5. The second kappa shape index (κ2) is 5.26. The van der Waals surface area contributed by atoms with Crippen LogP contribution in [-0.4, -0.2) is 36.7 Å². The third-order valence-electron chi connectivity index (χ3n) is 3.21. The molecule has 0 bridgehead atoms. The van der Waals surface area contributed by atoms with E-state index in [0.717, 1.165) is 6.07 Å². The minimum Gasteiger partial charge on any atom is -0.411 e. The molecule has 1 aromatic rings. The van der Waals surface area contributed by atoms with E-state index >= 15 is 0 Å². The lowest BCUT2D eigenvalue weighted by atomic mass is 10.1. The maximum absolute atomic E-state index is 13.2. The van der Waals surface area contributed by atoms with Crippen molar-refractivity contribution in [2.24, 2.45) is 5.16 Å². The predicted molar refractivity (Wildman–Crippen MR) is 68.4 cm³/mol. The van der Waals surface area contributed by atoms with Crippen molar-refractivity contribution in [2.45, 2.75) is 24.7 Å². The van der Waals surface area contributed by atoms with Gasteiger partial charge >= 0.3 is 0 Å². The summed E-state index contributed by atoms with van der Waals surface area (Å²) in [6.07, 6.45) is 0.786. The van der Waals surface area contributed by atoms with Crippen LogP contribution in [-0.2, 0) is 10.0 Å². The number of oxime groups is 1. The summed E-state index contributed by atoms with van der Waals surface area (Å²) < 4.78 is 39.3. The molecule has 1 aliphatic rings. The Labute approximate surface area is 111 Å². The topological polar surface area (TPSA) is 70.0 Å². The average Bonchev–Trinajstić information content (AvgIpc) is 2.41. The molecule has 0 spiro atoms. The molecule has 1 N–H and O–H groups in total. The standard InChI is InChI=1S/C12H15FN2O3S/c1-9-2-3-10(13)8-12(9)19(17,18)15-6-4-11(14-16)5-7-15/h2-3,8,16H,4-7H2,1H3. The molecule has 0 atom stereocenters. The number of nitrogens with zero attached hydrogens (tertiary/aromatic N) is 2. The molecule has 2 rings (SSSR count). The molecule has 7 heteroatoms. The van der Waals surface area contributed by atoms with E-state index in [0.29, 0.717) is 24.1 Å². The SMILES string of the molecule is Cc1ccc(F)cc1S(=O)(=O)N1CCC(=NO)CC1. The van der Waals surface area contributed by atoms with Crippen LogP contribution in [0.2, 0.25) is 0 Å². The molecule has 1 saturated heterocycles. The Hall–Kier alpha value is -1.47. The van der Waals surface area contributed by atoms with Crippen molar-refractivity contribution in [1.82, 2.24) is 4.31 Å². The predicted octanol–water partition coefficient (Wildman–Crippen LogP) is 1.75. The van der Waals surface area contributed by atoms with E-state index in [4.69, 9.17) is 5.21 Å². The van der Waals surface area contributed by atoms with Gasteiger partial charge in [-0.3, -0.25) is 0 Å². The maximum atomic E-state index is 13.2. The van der Waals surface area contributed by atoms with E-state index in [9.17, 15) is 12.8 Å². The molecular weight excluding hydrogens is 271 g/mol. The van der Waals surface area contributed by atoms with Gasteiger partial charge in [-0.05, 0) is 24.6 Å². The van der Waals surface area contributed by atoms with E-state index in [1.54, 1.807) is 6.92 Å². The van der Waals surface area contributed by atoms with Crippen molar-refractivity contribution in [2.75, 3.05) is 13.1 Å². The first-order valence-electron chi connectivity index (χ1n) is 5.91. The van der Waals surface area contributed by atoms with Crippen LogP contribution >= 0.6 is 0 Å². The van der Waals surface area contributed by atoms with Crippen LogP contribution in [0.15, 0.2) is 28.3 Å². The summed E-state index contributed by atoms with van der Waals surface area (Å²) in [5.41, 5.74) is 1.10. The first kappa shape index (κ1) is 14.0. The Bertz CT molecular complexity index is 603. The number of aryl methyl sites for hydroxylation is 1. The van der Waals surface area contributed by atoms with Crippen molar-refractivity contribution < 1.29 is 18.0 Å². The number of piperidine rings is 1. The molecule has 0 saturated carbocycles. The van der Waals surface area contributed by atoms with Crippen molar-refractivity contribution in [1.29, 1.82) is 0 Å². The van der Waals surface area contributed by atoms with Crippen LogP contribution in [0.4, 0.5) is 4.39 Å². The highest BCUT2D eigenvalue weighted by Crippen LogP contribution is 2.23. The quantitative estimate of drug-likeness (QED) is 0.665. The molecule has 0 amide bonds. The lowest BCUT2D eigenvalue weighted by molar-refractivity contribution is 0.309. The van der Waals surface area contributed by atoms with Gasteiger partial charge in [0, 0.05) is 25.9 Å². The third kappa shape index (κ3) is 2.76. The lowest BCUT2D eigenvalue weighted by Gasteiger charge is -2.27. The van der Waals surface area contributed by atoms with E-state index < -0.39 is 15.8 Å². The molecular formula is C12H15FN2O3S. The minimum atomic E-state index is -3.69. The van der Waals surface area contributed by atoms with Gasteiger partial charge in [-0.25, -0.2) is 12.8 Å². The zero-order valence-corrected chi connectivity index (χ0v) is 11.3. The molecule has 19 heavy (non-hydrogen) atoms. The Morgan fingerprint density at radius 1 is 1.32 bits per heavy atom. The Balaban J connectivity index is 2.31. The highest BCUT2D eigenvalue weighted by atomic mass is 32.2. The summed E-state index contributed by atoms with van der Waals surface area (Å²) in [6, 6.07) is 3.73. The first-order valence-corrected chi connectivity index (χ1v) is 7.35. The molecule has 104 valence electrons. The van der Waals surface area contributed by atoms with Crippen molar-refractivity contribution in [3.63, 3.8) is 0 Å². The van der Waals surface area contributed by atoms with Crippen molar-refractivity contribution >= 4 is 15.7 Å². The zero-order chi connectivity index (χ0) is 14.0. The summed E-state index contributed by atoms with van der Waals surface area (Å²) in [5, 5.41) is 11.8. The largest absolute Gasteiger partial charge is 0.411 e. The monoisotopic (exact) mass is 286 g/mol. The number of rotatable bonds is 2. The number of hydrogen-bond acceptors (Lipinski definition) is 4. The molecule has 0 aliphatic carbocycles. The summed E-state index contributed by atoms with van der Waals surface area (Å²) in [7, 11) is -3.69. The molecule has 1 heterocycles. The Morgan fingerprint density at radius 2 is 1.95 bits per heavy atom. The van der Waals surface area contributed by atoms with Gasteiger partial charge in [0.15, 0.2) is 0 Å². The molecule has 0 unspecified atom stereocenters. The van der Waals surface area contributed by atoms with E-state index in [1.165, 1.54) is 16.4 Å². The van der Waals surface area contributed by atoms with Gasteiger partial charge in [-0.1, -0.05) is 11.2 Å². The normalized spacial score (nSPS) is 17.5.